The maximum atomic E-state index is 11.8. The smallest absolute Gasteiger partial charge is 0.229 e. The van der Waals surface area contributed by atoms with Gasteiger partial charge in [-0.1, -0.05) is 0 Å². The molecule has 3 aromatic heterocycles. The first-order chi connectivity index (χ1) is 20.4. The van der Waals surface area contributed by atoms with E-state index < -0.39 is 10.0 Å². The first-order valence-electron chi connectivity index (χ1n) is 14.5. The molecule has 5 heterocycles. The monoisotopic (exact) mass is 598 g/mol. The van der Waals surface area contributed by atoms with Gasteiger partial charge in [-0.05, 0) is 31.7 Å². The van der Waals surface area contributed by atoms with Crippen LogP contribution in [0.3, 0.4) is 0 Å². The summed E-state index contributed by atoms with van der Waals surface area (Å²) in [6.07, 6.45) is 9.90. The molecule has 0 atom stereocenters. The van der Waals surface area contributed by atoms with Gasteiger partial charge in [-0.3, -0.25) is 14.6 Å². The first-order valence-corrected chi connectivity index (χ1v) is 16.4. The van der Waals surface area contributed by atoms with Crippen molar-refractivity contribution >= 4 is 38.4 Å². The van der Waals surface area contributed by atoms with Gasteiger partial charge in [-0.25, -0.2) is 18.4 Å². The Kier molecular flexibility index (Phi) is 8.84. The Balaban J connectivity index is 1.11. The zero-order valence-corrected chi connectivity index (χ0v) is 24.7. The SMILES string of the molecule is CS(=O)(=O)Nc1cnc2cc(N3CCOCC3)nc(OC3CCC(Nc4ncc(CN5CCOCC5)cn4)CC3)c2c1. The van der Waals surface area contributed by atoms with Crippen LogP contribution in [0.1, 0.15) is 31.2 Å². The molecular weight excluding hydrogens is 560 g/mol. The minimum Gasteiger partial charge on any atom is -0.474 e. The Hall–Kier alpha value is -3.33. The van der Waals surface area contributed by atoms with Crippen molar-refractivity contribution in [2.45, 2.75) is 44.4 Å². The molecule has 2 N–H and O–H groups in total. The van der Waals surface area contributed by atoms with Crippen LogP contribution in [-0.2, 0) is 26.0 Å². The molecule has 2 saturated heterocycles. The fourth-order valence-electron chi connectivity index (χ4n) is 5.59. The molecule has 3 fully saturated rings. The summed E-state index contributed by atoms with van der Waals surface area (Å²) in [6.45, 7) is 7.00. The molecule has 0 aromatic carbocycles. The average molecular weight is 599 g/mol. The largest absolute Gasteiger partial charge is 0.474 e. The van der Waals surface area contributed by atoms with Gasteiger partial charge < -0.3 is 24.4 Å². The third kappa shape index (κ3) is 7.54. The zero-order chi connectivity index (χ0) is 28.9. The van der Waals surface area contributed by atoms with E-state index in [1.54, 1.807) is 6.07 Å². The van der Waals surface area contributed by atoms with Gasteiger partial charge in [0.1, 0.15) is 11.9 Å². The van der Waals surface area contributed by atoms with Gasteiger partial charge in [0.25, 0.3) is 0 Å². The van der Waals surface area contributed by atoms with Crippen LogP contribution in [-0.4, -0.2) is 104 Å². The number of hydrogen-bond donors (Lipinski definition) is 2. The number of hydrogen-bond acceptors (Lipinski definition) is 12. The van der Waals surface area contributed by atoms with E-state index in [-0.39, 0.29) is 12.1 Å². The van der Waals surface area contributed by atoms with Crippen LogP contribution in [0.5, 0.6) is 5.88 Å². The molecule has 226 valence electrons. The number of ether oxygens (including phenoxy) is 3. The van der Waals surface area contributed by atoms with Gasteiger partial charge in [0.15, 0.2) is 0 Å². The number of pyridine rings is 2. The van der Waals surface area contributed by atoms with E-state index in [1.807, 2.05) is 18.5 Å². The molecule has 6 rings (SSSR count). The normalized spacial score (nSPS) is 22.2. The van der Waals surface area contributed by atoms with Gasteiger partial charge in [0.05, 0.1) is 55.5 Å². The number of anilines is 3. The predicted octanol–water partition coefficient (Wildman–Crippen LogP) is 2.26. The van der Waals surface area contributed by atoms with Crippen LogP contribution in [0.2, 0.25) is 0 Å². The lowest BCUT2D eigenvalue weighted by Gasteiger charge is -2.31. The van der Waals surface area contributed by atoms with E-state index in [0.29, 0.717) is 41.6 Å². The van der Waals surface area contributed by atoms with E-state index >= 15 is 0 Å². The summed E-state index contributed by atoms with van der Waals surface area (Å²) in [5, 5.41) is 4.16. The van der Waals surface area contributed by atoms with Gasteiger partial charge in [-0.15, -0.1) is 0 Å². The second kappa shape index (κ2) is 12.9. The highest BCUT2D eigenvalue weighted by Gasteiger charge is 2.25. The quantitative estimate of drug-likeness (QED) is 0.373. The Morgan fingerprint density at radius 1 is 0.929 bits per heavy atom. The van der Waals surface area contributed by atoms with Crippen LogP contribution < -0.4 is 19.7 Å². The number of morpholine rings is 2. The summed E-state index contributed by atoms with van der Waals surface area (Å²) in [4.78, 5) is 23.0. The van der Waals surface area contributed by atoms with Crippen LogP contribution in [0.25, 0.3) is 10.9 Å². The second-order valence-electron chi connectivity index (χ2n) is 11.1. The molecule has 13 nitrogen and oxygen atoms in total. The zero-order valence-electron chi connectivity index (χ0n) is 23.9. The molecule has 0 bridgehead atoms. The van der Waals surface area contributed by atoms with Crippen LogP contribution >= 0.6 is 0 Å². The minimum atomic E-state index is -3.45. The Morgan fingerprint density at radius 2 is 1.62 bits per heavy atom. The Bertz CT molecular complexity index is 1460. The van der Waals surface area contributed by atoms with Crippen LogP contribution in [0, 0.1) is 0 Å². The van der Waals surface area contributed by atoms with Gasteiger partial charge in [0.2, 0.25) is 21.9 Å². The number of aromatic nitrogens is 4. The van der Waals surface area contributed by atoms with E-state index in [1.165, 1.54) is 6.20 Å². The van der Waals surface area contributed by atoms with Crippen molar-refractivity contribution < 1.29 is 22.6 Å². The van der Waals surface area contributed by atoms with E-state index in [2.05, 4.69) is 34.8 Å². The predicted molar refractivity (Wildman–Crippen MR) is 159 cm³/mol. The molecule has 0 unspecified atom stereocenters. The number of rotatable bonds is 9. The fraction of sp³-hybridized carbons (Fsp3) is 0.571. The standard InChI is InChI=1S/C28H38N8O5S/c1-42(37,38)34-22-14-24-25(29-18-22)15-26(36-8-12-40-13-9-36)33-27(24)41-23-4-2-21(3-5-23)32-28-30-16-20(17-31-28)19-35-6-10-39-11-7-35/h14-18,21,23,34H,2-13,19H2,1H3,(H,30,31,32). The first kappa shape index (κ1) is 28.8. The van der Waals surface area contributed by atoms with Crippen molar-refractivity contribution in [3.8, 4) is 5.88 Å². The lowest BCUT2D eigenvalue weighted by molar-refractivity contribution is 0.0341. The molecular formula is C28H38N8O5S. The van der Waals surface area contributed by atoms with E-state index in [0.717, 1.165) is 89.3 Å². The molecule has 14 heteroatoms. The molecule has 1 aliphatic carbocycles. The molecule has 3 aromatic rings. The molecule has 3 aliphatic rings. The average Bonchev–Trinajstić information content (AvgIpc) is 2.99. The number of nitrogens with one attached hydrogen (secondary N) is 2. The molecule has 42 heavy (non-hydrogen) atoms. The summed E-state index contributed by atoms with van der Waals surface area (Å²) in [5.74, 6) is 1.89. The van der Waals surface area contributed by atoms with Gasteiger partial charge >= 0.3 is 0 Å². The van der Waals surface area contributed by atoms with Crippen molar-refractivity contribution in [3.63, 3.8) is 0 Å². The Labute approximate surface area is 246 Å². The summed E-state index contributed by atoms with van der Waals surface area (Å²) in [7, 11) is -3.45. The van der Waals surface area contributed by atoms with Crippen molar-refractivity contribution in [1.29, 1.82) is 0 Å². The topological polar surface area (TPSA) is 144 Å². The van der Waals surface area contributed by atoms with Gasteiger partial charge in [0, 0.05) is 62.8 Å². The number of sulfonamides is 1. The maximum Gasteiger partial charge on any atom is 0.229 e. The molecule has 0 amide bonds. The summed E-state index contributed by atoms with van der Waals surface area (Å²) in [6, 6.07) is 3.92. The summed E-state index contributed by atoms with van der Waals surface area (Å²) < 4.78 is 43.6. The van der Waals surface area contributed by atoms with Crippen LogP contribution in [0.15, 0.2) is 30.7 Å². The highest BCUT2D eigenvalue weighted by Crippen LogP contribution is 2.33. The fourth-order valence-corrected chi connectivity index (χ4v) is 6.13. The lowest BCUT2D eigenvalue weighted by atomic mass is 9.93. The highest BCUT2D eigenvalue weighted by molar-refractivity contribution is 7.92. The number of fused-ring (bicyclic) bond motifs is 1. The molecule has 0 radical (unpaired) electrons. The van der Waals surface area contributed by atoms with E-state index in [4.69, 9.17) is 19.2 Å². The Morgan fingerprint density at radius 3 is 2.31 bits per heavy atom. The molecule has 1 saturated carbocycles. The van der Waals surface area contributed by atoms with Crippen molar-refractivity contribution in [3.05, 3.63) is 36.3 Å². The maximum absolute atomic E-state index is 11.8. The van der Waals surface area contributed by atoms with Crippen molar-refractivity contribution in [2.75, 3.05) is 73.8 Å². The van der Waals surface area contributed by atoms with Gasteiger partial charge in [-0.2, -0.15) is 4.98 Å². The third-order valence-corrected chi connectivity index (χ3v) is 8.38. The summed E-state index contributed by atoms with van der Waals surface area (Å²) >= 11 is 0. The third-order valence-electron chi connectivity index (χ3n) is 7.77. The van der Waals surface area contributed by atoms with Crippen molar-refractivity contribution in [1.82, 2.24) is 24.8 Å². The summed E-state index contributed by atoms with van der Waals surface area (Å²) in [5.41, 5.74) is 2.17. The van der Waals surface area contributed by atoms with Crippen LogP contribution in [0.4, 0.5) is 17.5 Å². The highest BCUT2D eigenvalue weighted by atomic mass is 32.2. The van der Waals surface area contributed by atoms with E-state index in [9.17, 15) is 8.42 Å². The second-order valence-corrected chi connectivity index (χ2v) is 12.8. The minimum absolute atomic E-state index is 0.0259. The van der Waals surface area contributed by atoms with Crippen molar-refractivity contribution in [2.24, 2.45) is 0 Å². The number of nitrogens with zero attached hydrogens (tertiary/aromatic N) is 6. The lowest BCUT2D eigenvalue weighted by Crippen LogP contribution is -2.37. The molecule has 0 spiro atoms. The molecule has 2 aliphatic heterocycles.